The number of alkyl halides is 1. The van der Waals surface area contributed by atoms with Crippen LogP contribution in [0.15, 0.2) is 24.3 Å². The molecule has 0 heterocycles. The van der Waals surface area contributed by atoms with Gasteiger partial charge in [-0.2, -0.15) is 0 Å². The zero-order valence-electron chi connectivity index (χ0n) is 9.49. The van der Waals surface area contributed by atoms with Crippen molar-refractivity contribution in [3.63, 3.8) is 0 Å². The van der Waals surface area contributed by atoms with Crippen molar-refractivity contribution >= 4 is 33.2 Å². The fraction of sp³-hybridized carbons (Fsp3) is 0.455. The number of hydrogen-bond donors (Lipinski definition) is 1. The van der Waals surface area contributed by atoms with Crippen LogP contribution in [0.4, 0.5) is 0 Å². The zero-order valence-corrected chi connectivity index (χ0v) is 11.8. The Morgan fingerprint density at radius 1 is 1.29 bits per heavy atom. The van der Waals surface area contributed by atoms with E-state index < -0.39 is 10.0 Å². The Kier molecular flexibility index (Phi) is 5.73. The second kappa shape index (κ2) is 6.59. The van der Waals surface area contributed by atoms with Gasteiger partial charge in [0.2, 0.25) is 10.0 Å². The van der Waals surface area contributed by atoms with Gasteiger partial charge in [-0.15, -0.1) is 11.6 Å². The summed E-state index contributed by atoms with van der Waals surface area (Å²) < 4.78 is 25.8. The van der Waals surface area contributed by atoms with E-state index in [9.17, 15) is 8.42 Å². The minimum absolute atomic E-state index is 0.0457. The molecule has 1 unspecified atom stereocenters. The average Bonchev–Trinajstić information content (AvgIpc) is 2.28. The van der Waals surface area contributed by atoms with Crippen LogP contribution in [0.2, 0.25) is 5.02 Å². The van der Waals surface area contributed by atoms with Crippen LogP contribution in [0.3, 0.4) is 0 Å². The normalized spacial score (nSPS) is 13.6. The van der Waals surface area contributed by atoms with Crippen molar-refractivity contribution in [2.75, 3.05) is 11.6 Å². The molecule has 1 aromatic rings. The first-order valence-corrected chi connectivity index (χ1v) is 7.77. The molecule has 0 fully saturated rings. The minimum atomic E-state index is -3.27. The largest absolute Gasteiger partial charge is 0.212 e. The fourth-order valence-electron chi connectivity index (χ4n) is 1.27. The highest BCUT2D eigenvalue weighted by molar-refractivity contribution is 7.89. The van der Waals surface area contributed by atoms with Crippen molar-refractivity contribution in [1.29, 1.82) is 0 Å². The summed E-state index contributed by atoms with van der Waals surface area (Å²) in [5.74, 6) is 0.325. The van der Waals surface area contributed by atoms with Crippen LogP contribution in [0.1, 0.15) is 12.5 Å². The highest BCUT2D eigenvalue weighted by atomic mass is 35.5. The van der Waals surface area contributed by atoms with Gasteiger partial charge >= 0.3 is 0 Å². The molecule has 1 aromatic carbocycles. The van der Waals surface area contributed by atoms with Crippen molar-refractivity contribution < 1.29 is 8.42 Å². The predicted molar refractivity (Wildman–Crippen MR) is 72.0 cm³/mol. The molecule has 0 aliphatic carbocycles. The van der Waals surface area contributed by atoms with Gasteiger partial charge in [-0.25, -0.2) is 13.1 Å². The van der Waals surface area contributed by atoms with Crippen LogP contribution in [-0.4, -0.2) is 20.1 Å². The van der Waals surface area contributed by atoms with Crippen molar-refractivity contribution in [3.05, 3.63) is 34.9 Å². The third kappa shape index (κ3) is 5.73. The van der Waals surface area contributed by atoms with Crippen LogP contribution in [0.5, 0.6) is 0 Å². The minimum Gasteiger partial charge on any atom is -0.212 e. The van der Waals surface area contributed by atoms with E-state index in [1.807, 2.05) is 0 Å². The van der Waals surface area contributed by atoms with Gasteiger partial charge in [0.15, 0.2) is 0 Å². The molecule has 0 aliphatic heterocycles. The molecule has 17 heavy (non-hydrogen) atoms. The quantitative estimate of drug-likeness (QED) is 0.820. The molecule has 0 amide bonds. The Morgan fingerprint density at radius 2 is 1.88 bits per heavy atom. The molecule has 0 aliphatic rings. The first kappa shape index (κ1) is 14.8. The van der Waals surface area contributed by atoms with Gasteiger partial charge in [0.25, 0.3) is 0 Å². The maximum Gasteiger partial charge on any atom is 0.212 e. The van der Waals surface area contributed by atoms with E-state index in [2.05, 4.69) is 4.72 Å². The maximum absolute atomic E-state index is 11.6. The predicted octanol–water partition coefficient (Wildman–Crippen LogP) is 2.63. The molecule has 3 nitrogen and oxygen atoms in total. The molecule has 0 bridgehead atoms. The second-order valence-electron chi connectivity index (χ2n) is 3.99. The standard InChI is InChI=1S/C11H15Cl2NO2S/c1-9(6-12)8-17(15,16)14-7-10-2-4-11(13)5-3-10/h2-5,9,14H,6-8H2,1H3. The molecule has 0 spiro atoms. The molecular formula is C11H15Cl2NO2S. The highest BCUT2D eigenvalue weighted by Gasteiger charge is 2.14. The molecule has 0 aromatic heterocycles. The number of nitrogens with one attached hydrogen (secondary N) is 1. The Bertz CT molecular complexity index is 445. The summed E-state index contributed by atoms with van der Waals surface area (Å²) in [6, 6.07) is 7.03. The van der Waals surface area contributed by atoms with Gasteiger partial charge in [0.05, 0.1) is 5.75 Å². The lowest BCUT2D eigenvalue weighted by molar-refractivity contribution is 0.568. The molecular weight excluding hydrogens is 281 g/mol. The van der Waals surface area contributed by atoms with Crippen LogP contribution in [0.25, 0.3) is 0 Å². The Morgan fingerprint density at radius 3 is 2.41 bits per heavy atom. The van der Waals surface area contributed by atoms with Crippen LogP contribution in [-0.2, 0) is 16.6 Å². The Labute approximate surface area is 112 Å². The number of rotatable bonds is 6. The van der Waals surface area contributed by atoms with Crippen molar-refractivity contribution in [2.24, 2.45) is 5.92 Å². The van der Waals surface area contributed by atoms with Crippen LogP contribution in [0, 0.1) is 5.92 Å². The lowest BCUT2D eigenvalue weighted by Gasteiger charge is -2.10. The average molecular weight is 296 g/mol. The number of benzene rings is 1. The summed E-state index contributed by atoms with van der Waals surface area (Å²) in [5, 5.41) is 0.632. The van der Waals surface area contributed by atoms with E-state index in [-0.39, 0.29) is 18.2 Å². The molecule has 0 saturated carbocycles. The second-order valence-corrected chi connectivity index (χ2v) is 6.59. The van der Waals surface area contributed by atoms with Gasteiger partial charge < -0.3 is 0 Å². The van der Waals surface area contributed by atoms with Crippen molar-refractivity contribution in [1.82, 2.24) is 4.72 Å². The molecule has 0 radical (unpaired) electrons. The zero-order chi connectivity index (χ0) is 12.9. The highest BCUT2D eigenvalue weighted by Crippen LogP contribution is 2.10. The van der Waals surface area contributed by atoms with E-state index >= 15 is 0 Å². The summed E-state index contributed by atoms with van der Waals surface area (Å²) in [5.41, 5.74) is 0.872. The first-order chi connectivity index (χ1) is 7.93. The van der Waals surface area contributed by atoms with E-state index in [0.717, 1.165) is 5.56 Å². The SMILES string of the molecule is CC(CCl)CS(=O)(=O)NCc1ccc(Cl)cc1. The molecule has 1 rings (SSSR count). The summed E-state index contributed by atoms with van der Waals surface area (Å²) in [4.78, 5) is 0. The van der Waals surface area contributed by atoms with E-state index in [1.54, 1.807) is 31.2 Å². The Balaban J connectivity index is 2.52. The summed E-state index contributed by atoms with van der Waals surface area (Å²) in [6.45, 7) is 2.07. The van der Waals surface area contributed by atoms with E-state index in [0.29, 0.717) is 10.9 Å². The smallest absolute Gasteiger partial charge is 0.212 e. The topological polar surface area (TPSA) is 46.2 Å². The van der Waals surface area contributed by atoms with Gasteiger partial charge in [0.1, 0.15) is 0 Å². The molecule has 6 heteroatoms. The Hall–Kier alpha value is -0.290. The van der Waals surface area contributed by atoms with Gasteiger partial charge in [-0.1, -0.05) is 30.7 Å². The van der Waals surface area contributed by atoms with Crippen LogP contribution < -0.4 is 4.72 Å². The number of halogens is 2. The lowest BCUT2D eigenvalue weighted by atomic mass is 10.2. The van der Waals surface area contributed by atoms with Gasteiger partial charge in [0, 0.05) is 17.4 Å². The summed E-state index contributed by atoms with van der Waals surface area (Å²) in [7, 11) is -3.27. The monoisotopic (exact) mass is 295 g/mol. The van der Waals surface area contributed by atoms with Crippen molar-refractivity contribution in [3.8, 4) is 0 Å². The van der Waals surface area contributed by atoms with E-state index in [1.165, 1.54) is 0 Å². The number of hydrogen-bond acceptors (Lipinski definition) is 2. The van der Waals surface area contributed by atoms with Crippen LogP contribution >= 0.6 is 23.2 Å². The van der Waals surface area contributed by atoms with Crippen molar-refractivity contribution in [2.45, 2.75) is 13.5 Å². The van der Waals surface area contributed by atoms with Gasteiger partial charge in [-0.3, -0.25) is 0 Å². The third-order valence-electron chi connectivity index (χ3n) is 2.18. The molecule has 1 atom stereocenters. The summed E-state index contributed by atoms with van der Waals surface area (Å²) >= 11 is 11.3. The first-order valence-electron chi connectivity index (χ1n) is 5.20. The van der Waals surface area contributed by atoms with E-state index in [4.69, 9.17) is 23.2 Å². The third-order valence-corrected chi connectivity index (χ3v) is 4.55. The fourth-order valence-corrected chi connectivity index (χ4v) is 3.01. The lowest BCUT2D eigenvalue weighted by Crippen LogP contribution is -2.29. The molecule has 1 N–H and O–H groups in total. The number of sulfonamides is 1. The van der Waals surface area contributed by atoms with Gasteiger partial charge in [-0.05, 0) is 23.6 Å². The molecule has 96 valence electrons. The summed E-state index contributed by atoms with van der Waals surface area (Å²) in [6.07, 6.45) is 0. The maximum atomic E-state index is 11.6. The molecule has 0 saturated heterocycles.